The summed E-state index contributed by atoms with van der Waals surface area (Å²) in [6, 6.07) is 19.7. The molecule has 354 valence electrons. The highest BCUT2D eigenvalue weighted by Crippen LogP contribution is 2.51. The predicted molar refractivity (Wildman–Crippen MR) is 237 cm³/mol. The molecule has 4 N–H and O–H groups in total. The van der Waals surface area contributed by atoms with Gasteiger partial charge in [-0.15, -0.1) is 0 Å². The lowest BCUT2D eigenvalue weighted by Crippen LogP contribution is -2.23. The van der Waals surface area contributed by atoms with Crippen LogP contribution >= 0.6 is 0 Å². The summed E-state index contributed by atoms with van der Waals surface area (Å²) in [4.78, 5) is 29.5. The minimum Gasteiger partial charge on any atom is -0.496 e. The number of ether oxygens (including phenoxy) is 10. The van der Waals surface area contributed by atoms with Crippen molar-refractivity contribution < 1.29 is 76.8 Å². The molecule has 0 saturated heterocycles. The number of aliphatic carboxylic acids is 2. The second-order valence-corrected chi connectivity index (χ2v) is 14.7. The van der Waals surface area contributed by atoms with E-state index in [2.05, 4.69) is 20.9 Å². The first kappa shape index (κ1) is 48.1. The van der Waals surface area contributed by atoms with Crippen LogP contribution < -0.4 is 58.0 Å². The molecule has 0 aromatic heterocycles. The van der Waals surface area contributed by atoms with Gasteiger partial charge in [0.15, 0.2) is 23.0 Å². The Balaban J connectivity index is 0.000000194. The molecule has 20 nitrogen and oxygen atoms in total. The number of carbonyl (C=O) groups is 2. The third-order valence-corrected chi connectivity index (χ3v) is 10.5. The number of rotatable bonds is 18. The number of carboxylic acid groups (broad SMARTS) is 2. The van der Waals surface area contributed by atoms with Gasteiger partial charge in [-0.25, -0.2) is 9.59 Å². The van der Waals surface area contributed by atoms with Crippen LogP contribution in [0.25, 0.3) is 0 Å². The third kappa shape index (κ3) is 12.1. The second-order valence-electron chi connectivity index (χ2n) is 14.7. The number of nitrogens with one attached hydrogen (secondary N) is 2. The molecule has 20 heteroatoms. The lowest BCUT2D eigenvalue weighted by Gasteiger charge is -2.16. The van der Waals surface area contributed by atoms with Gasteiger partial charge >= 0.3 is 11.9 Å². The van der Waals surface area contributed by atoms with Crippen LogP contribution in [0.15, 0.2) is 71.0 Å². The monoisotopic (exact) mass is 918 g/mol. The topological polar surface area (TPSA) is 234 Å². The third-order valence-electron chi connectivity index (χ3n) is 10.5. The second kappa shape index (κ2) is 23.6. The number of nitrogens with zero attached hydrogens (tertiary/aromatic N) is 2. The van der Waals surface area contributed by atoms with Crippen molar-refractivity contribution in [2.75, 3.05) is 69.3 Å². The average Bonchev–Trinajstić information content (AvgIpc) is 4.19. The van der Waals surface area contributed by atoms with Crippen LogP contribution in [-0.2, 0) is 45.2 Å². The number of hydrogen-bond acceptors (Lipinski definition) is 18. The van der Waals surface area contributed by atoms with Crippen LogP contribution in [0.4, 0.5) is 0 Å². The summed E-state index contributed by atoms with van der Waals surface area (Å²) in [6.45, 7) is 2.99. The lowest BCUT2D eigenvalue weighted by molar-refractivity contribution is -0.159. The lowest BCUT2D eigenvalue weighted by atomic mass is 10.0. The Labute approximate surface area is 381 Å². The van der Waals surface area contributed by atoms with Gasteiger partial charge in [0.25, 0.3) is 0 Å². The molecule has 4 aliphatic rings. The van der Waals surface area contributed by atoms with Gasteiger partial charge in [-0.05, 0) is 24.3 Å². The van der Waals surface area contributed by atoms with Crippen LogP contribution in [0, 0.1) is 0 Å². The minimum atomic E-state index is -1.82. The van der Waals surface area contributed by atoms with E-state index in [-0.39, 0.29) is 25.8 Å². The smallest absolute Gasteiger partial charge is 0.414 e. The van der Waals surface area contributed by atoms with E-state index in [4.69, 9.17) is 76.8 Å². The van der Waals surface area contributed by atoms with Gasteiger partial charge in [0, 0.05) is 74.1 Å². The van der Waals surface area contributed by atoms with Gasteiger partial charge in [-0.1, -0.05) is 46.7 Å². The molecule has 0 amide bonds. The standard InChI is InChI=1S/2C22H26N2O6.C2H2O4/c2*1-25-18-7-5-4-6-14(18)11-23-12-16-10-17(30-24-16)8-15-9-19(26-2)21-22(20(15)27-3)29-13-28-21;3-1(4)2(5)6/h2*4-7,9,17,23H,8,10-13H2,1-3H3;(H,3,4)(H,5,6). The van der Waals surface area contributed by atoms with E-state index in [1.165, 1.54) is 0 Å². The maximum Gasteiger partial charge on any atom is 0.414 e. The highest BCUT2D eigenvalue weighted by atomic mass is 16.7. The Morgan fingerprint density at radius 2 is 0.909 bits per heavy atom. The number of fused-ring (bicyclic) bond motifs is 2. The summed E-state index contributed by atoms with van der Waals surface area (Å²) in [5.74, 6) is 2.92. The molecule has 0 saturated carbocycles. The van der Waals surface area contributed by atoms with Gasteiger partial charge in [0.2, 0.25) is 36.6 Å². The van der Waals surface area contributed by atoms with Crippen LogP contribution in [0.5, 0.6) is 57.5 Å². The molecule has 4 aliphatic heterocycles. The summed E-state index contributed by atoms with van der Waals surface area (Å²) in [5, 5.41) is 30.1. The zero-order valence-corrected chi connectivity index (χ0v) is 37.5. The molecule has 4 heterocycles. The normalized spacial score (nSPS) is 15.9. The number of hydrogen-bond donors (Lipinski definition) is 4. The maximum atomic E-state index is 9.10. The van der Waals surface area contributed by atoms with Crippen LogP contribution in [0.2, 0.25) is 0 Å². The van der Waals surface area contributed by atoms with Gasteiger partial charge in [0.05, 0.1) is 54.1 Å². The van der Waals surface area contributed by atoms with Gasteiger partial charge < -0.3 is 77.9 Å². The molecular formula is C46H54N4O16. The number of carboxylic acids is 2. The number of benzene rings is 4. The molecule has 0 aliphatic carbocycles. The van der Waals surface area contributed by atoms with Gasteiger partial charge in [0.1, 0.15) is 23.7 Å². The minimum absolute atomic E-state index is 0.0768. The van der Waals surface area contributed by atoms with Gasteiger partial charge in [-0.2, -0.15) is 0 Å². The van der Waals surface area contributed by atoms with Gasteiger partial charge in [-0.3, -0.25) is 0 Å². The summed E-state index contributed by atoms with van der Waals surface area (Å²) >= 11 is 0. The van der Waals surface area contributed by atoms with E-state index in [0.717, 1.165) is 58.0 Å². The summed E-state index contributed by atoms with van der Waals surface area (Å²) < 4.78 is 55.0. The molecule has 2 unspecified atom stereocenters. The predicted octanol–water partition coefficient (Wildman–Crippen LogP) is 4.99. The Hall–Kier alpha value is -7.32. The molecule has 0 radical (unpaired) electrons. The van der Waals surface area contributed by atoms with Crippen molar-refractivity contribution in [3.05, 3.63) is 82.9 Å². The fraction of sp³-hybridized carbons (Fsp3) is 0.391. The fourth-order valence-corrected chi connectivity index (χ4v) is 7.46. The molecule has 0 spiro atoms. The van der Waals surface area contributed by atoms with Crippen molar-refractivity contribution in [3.63, 3.8) is 0 Å². The zero-order valence-electron chi connectivity index (χ0n) is 37.5. The Bertz CT molecular complexity index is 2210. The van der Waals surface area contributed by atoms with Crippen molar-refractivity contribution in [3.8, 4) is 57.5 Å². The SMILES string of the molecule is COc1ccccc1CNCC1=NOC(Cc2cc(OC)c3c(c2OC)OCO3)C1.COc1ccccc1CNCC1=NOC(Cc2cc(OC)c3c(c2OC)OCO3)C1.O=C(O)C(=O)O. The van der Waals surface area contributed by atoms with Crippen LogP contribution in [0.3, 0.4) is 0 Å². The largest absolute Gasteiger partial charge is 0.496 e. The average molecular weight is 919 g/mol. The van der Waals surface area contributed by atoms with E-state index < -0.39 is 11.9 Å². The van der Waals surface area contributed by atoms with E-state index in [9.17, 15) is 0 Å². The molecular weight excluding hydrogens is 865 g/mol. The molecule has 0 fully saturated rings. The number of methoxy groups -OCH3 is 6. The first-order chi connectivity index (χ1) is 32.1. The van der Waals surface area contributed by atoms with E-state index >= 15 is 0 Å². The first-order valence-electron chi connectivity index (χ1n) is 20.7. The van der Waals surface area contributed by atoms with Crippen molar-refractivity contribution >= 4 is 23.4 Å². The first-order valence-corrected chi connectivity index (χ1v) is 20.7. The highest BCUT2D eigenvalue weighted by molar-refractivity contribution is 6.27. The Morgan fingerprint density at radius 3 is 1.27 bits per heavy atom. The summed E-state index contributed by atoms with van der Waals surface area (Å²) in [6.07, 6.45) is 2.56. The molecule has 66 heavy (non-hydrogen) atoms. The van der Waals surface area contributed by atoms with Crippen molar-refractivity contribution in [1.82, 2.24) is 10.6 Å². The van der Waals surface area contributed by atoms with E-state index in [1.54, 1.807) is 42.7 Å². The molecule has 4 aromatic carbocycles. The number of oxime groups is 2. The fourth-order valence-electron chi connectivity index (χ4n) is 7.46. The molecule has 2 atom stereocenters. The molecule has 0 bridgehead atoms. The van der Waals surface area contributed by atoms with E-state index in [0.29, 0.717) is 85.0 Å². The summed E-state index contributed by atoms with van der Waals surface area (Å²) in [7, 11) is 9.80. The van der Waals surface area contributed by atoms with E-state index in [1.807, 2.05) is 60.7 Å². The van der Waals surface area contributed by atoms with Crippen LogP contribution in [0.1, 0.15) is 35.1 Å². The quantitative estimate of drug-likeness (QED) is 0.0963. The molecule has 8 rings (SSSR count). The van der Waals surface area contributed by atoms with Crippen LogP contribution in [-0.4, -0.2) is 115 Å². The zero-order chi connectivity index (χ0) is 47.0. The summed E-state index contributed by atoms with van der Waals surface area (Å²) in [5.41, 5.74) is 6.02. The van der Waals surface area contributed by atoms with Crippen molar-refractivity contribution in [1.29, 1.82) is 0 Å². The van der Waals surface area contributed by atoms with Crippen molar-refractivity contribution in [2.24, 2.45) is 10.3 Å². The highest BCUT2D eigenvalue weighted by Gasteiger charge is 2.32. The van der Waals surface area contributed by atoms with Crippen molar-refractivity contribution in [2.45, 2.75) is 51.0 Å². The Morgan fingerprint density at radius 1 is 0.530 bits per heavy atom. The maximum absolute atomic E-state index is 9.10. The molecule has 4 aromatic rings. The number of para-hydroxylation sites is 2. The Kier molecular flexibility index (Phi) is 17.2.